The molecule has 5 nitrogen and oxygen atoms in total. The number of rotatable bonds is 6. The molecule has 1 unspecified atom stereocenters. The molecule has 1 heterocycles. The summed E-state index contributed by atoms with van der Waals surface area (Å²) in [7, 11) is 0. The van der Waals surface area contributed by atoms with Crippen LogP contribution in [-0.2, 0) is 4.79 Å². The fourth-order valence-electron chi connectivity index (χ4n) is 3.69. The highest BCUT2D eigenvalue weighted by atomic mass is 35.5. The van der Waals surface area contributed by atoms with E-state index in [4.69, 9.17) is 11.6 Å². The summed E-state index contributed by atoms with van der Waals surface area (Å²) in [5.74, 6) is -0.101. The van der Waals surface area contributed by atoms with Crippen molar-refractivity contribution in [2.24, 2.45) is 0 Å². The Hall–Kier alpha value is -3.31. The van der Waals surface area contributed by atoms with Crippen molar-refractivity contribution in [1.29, 1.82) is 0 Å². The van der Waals surface area contributed by atoms with Gasteiger partial charge in [0.1, 0.15) is 0 Å². The Morgan fingerprint density at radius 1 is 1.03 bits per heavy atom. The Morgan fingerprint density at radius 3 is 2.42 bits per heavy atom. The van der Waals surface area contributed by atoms with Crippen LogP contribution >= 0.6 is 11.6 Å². The molecule has 2 N–H and O–H groups in total. The summed E-state index contributed by atoms with van der Waals surface area (Å²) in [4.78, 5) is 26.2. The van der Waals surface area contributed by atoms with Crippen LogP contribution in [0, 0.1) is 0 Å². The van der Waals surface area contributed by atoms with Gasteiger partial charge in [-0.3, -0.25) is 9.59 Å². The van der Waals surface area contributed by atoms with E-state index in [1.807, 2.05) is 42.5 Å². The lowest BCUT2D eigenvalue weighted by Gasteiger charge is -2.17. The molecule has 3 aromatic rings. The summed E-state index contributed by atoms with van der Waals surface area (Å²) in [5, 5.41) is 6.81. The van der Waals surface area contributed by atoms with Crippen molar-refractivity contribution >= 4 is 40.5 Å². The molecule has 0 aromatic heterocycles. The first-order valence-corrected chi connectivity index (χ1v) is 10.7. The number of benzene rings is 3. The molecule has 0 saturated carbocycles. The third kappa shape index (κ3) is 4.89. The fraction of sp³-hybridized carbons (Fsp3) is 0.200. The first-order chi connectivity index (χ1) is 15.0. The smallest absolute Gasteiger partial charge is 0.255 e. The minimum absolute atomic E-state index is 0.0974. The van der Waals surface area contributed by atoms with E-state index in [-0.39, 0.29) is 17.9 Å². The van der Waals surface area contributed by atoms with Crippen molar-refractivity contribution < 1.29 is 9.59 Å². The molecule has 2 amide bonds. The predicted octanol–water partition coefficient (Wildman–Crippen LogP) is 5.89. The highest BCUT2D eigenvalue weighted by molar-refractivity contribution is 6.33. The SMILES string of the molecule is CC(Nc1ccc(NC(=O)c2ccc(N3CCCC3=O)cc2)cc1Cl)c1ccccc1. The molecule has 1 aliphatic rings. The molecule has 1 saturated heterocycles. The van der Waals surface area contributed by atoms with Crippen LogP contribution in [-0.4, -0.2) is 18.4 Å². The molecule has 4 rings (SSSR count). The van der Waals surface area contributed by atoms with Crippen LogP contribution in [0.3, 0.4) is 0 Å². The van der Waals surface area contributed by atoms with Crippen molar-refractivity contribution in [3.8, 4) is 0 Å². The number of hydrogen-bond donors (Lipinski definition) is 2. The molecule has 0 bridgehead atoms. The Morgan fingerprint density at radius 2 is 1.77 bits per heavy atom. The summed E-state index contributed by atoms with van der Waals surface area (Å²) in [6.07, 6.45) is 1.45. The molecular formula is C25H24ClN3O2. The zero-order valence-corrected chi connectivity index (χ0v) is 18.0. The second-order valence-electron chi connectivity index (χ2n) is 7.62. The number of carbonyl (C=O) groups is 2. The fourth-order valence-corrected chi connectivity index (χ4v) is 3.92. The molecular weight excluding hydrogens is 410 g/mol. The summed E-state index contributed by atoms with van der Waals surface area (Å²) in [5.41, 5.74) is 3.92. The molecule has 6 heteroatoms. The van der Waals surface area contributed by atoms with Gasteiger partial charge in [0.15, 0.2) is 0 Å². The standard InChI is InChI=1S/C25H24ClN3O2/c1-17(18-6-3-2-4-7-18)27-23-14-11-20(16-22(23)26)28-25(31)19-9-12-21(13-10-19)29-15-5-8-24(29)30/h2-4,6-7,9-14,16-17,27H,5,8,15H2,1H3,(H,28,31). The summed E-state index contributed by atoms with van der Waals surface area (Å²) >= 11 is 6.45. The van der Waals surface area contributed by atoms with Crippen LogP contribution < -0.4 is 15.5 Å². The second kappa shape index (κ2) is 9.23. The van der Waals surface area contributed by atoms with Crippen LogP contribution in [0.1, 0.15) is 41.7 Å². The second-order valence-corrected chi connectivity index (χ2v) is 8.03. The van der Waals surface area contributed by atoms with Gasteiger partial charge < -0.3 is 15.5 Å². The maximum Gasteiger partial charge on any atom is 0.255 e. The number of halogens is 1. The van der Waals surface area contributed by atoms with Gasteiger partial charge in [-0.15, -0.1) is 0 Å². The third-order valence-corrected chi connectivity index (χ3v) is 5.73. The number of carbonyl (C=O) groups excluding carboxylic acids is 2. The first kappa shape index (κ1) is 20.9. The first-order valence-electron chi connectivity index (χ1n) is 10.3. The van der Waals surface area contributed by atoms with Crippen molar-refractivity contribution in [1.82, 2.24) is 0 Å². The topological polar surface area (TPSA) is 61.4 Å². The van der Waals surface area contributed by atoms with E-state index in [2.05, 4.69) is 29.7 Å². The Labute approximate surface area is 187 Å². The number of anilines is 3. The Bertz CT molecular complexity index is 1080. The van der Waals surface area contributed by atoms with Crippen LogP contribution in [0.15, 0.2) is 72.8 Å². The zero-order chi connectivity index (χ0) is 21.8. The minimum atomic E-state index is -0.228. The number of amides is 2. The molecule has 1 atom stereocenters. The average Bonchev–Trinajstić information content (AvgIpc) is 3.22. The van der Waals surface area contributed by atoms with Crippen molar-refractivity contribution in [2.45, 2.75) is 25.8 Å². The minimum Gasteiger partial charge on any atom is -0.377 e. The number of nitrogens with one attached hydrogen (secondary N) is 2. The van der Waals surface area contributed by atoms with E-state index in [1.165, 1.54) is 0 Å². The van der Waals surface area contributed by atoms with E-state index in [0.717, 1.165) is 29.9 Å². The Balaban J connectivity index is 1.40. The molecule has 158 valence electrons. The molecule has 0 aliphatic carbocycles. The van der Waals surface area contributed by atoms with Gasteiger partial charge in [0.2, 0.25) is 5.91 Å². The van der Waals surface area contributed by atoms with E-state index in [9.17, 15) is 9.59 Å². The van der Waals surface area contributed by atoms with Gasteiger partial charge >= 0.3 is 0 Å². The number of hydrogen-bond acceptors (Lipinski definition) is 3. The molecule has 1 aliphatic heterocycles. The lowest BCUT2D eigenvalue weighted by molar-refractivity contribution is -0.117. The van der Waals surface area contributed by atoms with Gasteiger partial charge in [-0.1, -0.05) is 41.9 Å². The van der Waals surface area contributed by atoms with E-state index < -0.39 is 0 Å². The van der Waals surface area contributed by atoms with Gasteiger partial charge in [-0.2, -0.15) is 0 Å². The average molecular weight is 434 g/mol. The molecule has 0 radical (unpaired) electrons. The third-order valence-electron chi connectivity index (χ3n) is 5.41. The van der Waals surface area contributed by atoms with E-state index >= 15 is 0 Å². The number of nitrogens with zero attached hydrogens (tertiary/aromatic N) is 1. The van der Waals surface area contributed by atoms with Crippen LogP contribution in [0.25, 0.3) is 0 Å². The Kier molecular flexibility index (Phi) is 6.23. The highest BCUT2D eigenvalue weighted by Gasteiger charge is 2.21. The molecule has 3 aromatic carbocycles. The quantitative estimate of drug-likeness (QED) is 0.509. The normalized spacial score (nSPS) is 14.4. The maximum absolute atomic E-state index is 12.6. The lowest BCUT2D eigenvalue weighted by Crippen LogP contribution is -2.23. The van der Waals surface area contributed by atoms with E-state index in [1.54, 1.807) is 23.1 Å². The van der Waals surface area contributed by atoms with Crippen LogP contribution in [0.2, 0.25) is 5.02 Å². The molecule has 1 fully saturated rings. The summed E-state index contributed by atoms with van der Waals surface area (Å²) < 4.78 is 0. The largest absolute Gasteiger partial charge is 0.377 e. The van der Waals surface area contributed by atoms with Crippen molar-refractivity contribution in [2.75, 3.05) is 22.1 Å². The van der Waals surface area contributed by atoms with Crippen LogP contribution in [0.4, 0.5) is 17.1 Å². The van der Waals surface area contributed by atoms with E-state index in [0.29, 0.717) is 22.7 Å². The lowest BCUT2D eigenvalue weighted by atomic mass is 10.1. The predicted molar refractivity (Wildman–Crippen MR) is 126 cm³/mol. The van der Waals surface area contributed by atoms with Gasteiger partial charge in [0.25, 0.3) is 5.91 Å². The van der Waals surface area contributed by atoms with Crippen molar-refractivity contribution in [3.63, 3.8) is 0 Å². The van der Waals surface area contributed by atoms with Crippen molar-refractivity contribution in [3.05, 3.63) is 88.9 Å². The zero-order valence-electron chi connectivity index (χ0n) is 17.3. The van der Waals surface area contributed by atoms with Gasteiger partial charge in [-0.05, 0) is 61.4 Å². The highest BCUT2D eigenvalue weighted by Crippen LogP contribution is 2.29. The molecule has 31 heavy (non-hydrogen) atoms. The monoisotopic (exact) mass is 433 g/mol. The summed E-state index contributed by atoms with van der Waals surface area (Å²) in [6.45, 7) is 2.80. The molecule has 0 spiro atoms. The van der Waals surface area contributed by atoms with Crippen LogP contribution in [0.5, 0.6) is 0 Å². The summed E-state index contributed by atoms with van der Waals surface area (Å²) in [6, 6.07) is 22.7. The van der Waals surface area contributed by atoms with Gasteiger partial charge in [0, 0.05) is 35.9 Å². The van der Waals surface area contributed by atoms with Gasteiger partial charge in [0.05, 0.1) is 10.7 Å². The maximum atomic E-state index is 12.6. The van der Waals surface area contributed by atoms with Gasteiger partial charge in [-0.25, -0.2) is 0 Å².